The summed E-state index contributed by atoms with van der Waals surface area (Å²) in [6.07, 6.45) is 0.811. The Kier molecular flexibility index (Phi) is 3.82. The summed E-state index contributed by atoms with van der Waals surface area (Å²) < 4.78 is 6.56. The van der Waals surface area contributed by atoms with Crippen LogP contribution >= 0.6 is 15.9 Å². The summed E-state index contributed by atoms with van der Waals surface area (Å²) in [4.78, 5) is 10.7. The number of ether oxygens (including phenoxy) is 1. The van der Waals surface area contributed by atoms with Gasteiger partial charge < -0.3 is 4.74 Å². The van der Waals surface area contributed by atoms with Crippen LogP contribution in [0, 0.1) is 13.8 Å². The van der Waals surface area contributed by atoms with Crippen LogP contribution in [0.25, 0.3) is 0 Å². The van der Waals surface area contributed by atoms with Crippen LogP contribution in [0.4, 0.5) is 0 Å². The van der Waals surface area contributed by atoms with Gasteiger partial charge in [-0.3, -0.25) is 4.79 Å². The van der Waals surface area contributed by atoms with Crippen molar-refractivity contribution in [1.82, 2.24) is 0 Å². The zero-order valence-corrected chi connectivity index (χ0v) is 11.8. The Morgan fingerprint density at radius 3 is 2.56 bits per heavy atom. The standard InChI is InChI=1S/C15H13BrO2/c1-10-3-4-11(2)15(7-10)18-13-6-5-12(9-17)14(16)8-13/h3-9H,1-2H3. The average molecular weight is 305 g/mol. The summed E-state index contributed by atoms with van der Waals surface area (Å²) in [6, 6.07) is 11.4. The molecular weight excluding hydrogens is 292 g/mol. The summed E-state index contributed by atoms with van der Waals surface area (Å²) in [5.74, 6) is 1.54. The van der Waals surface area contributed by atoms with E-state index in [0.717, 1.165) is 27.6 Å². The van der Waals surface area contributed by atoms with E-state index in [1.54, 1.807) is 18.2 Å². The molecule has 0 unspecified atom stereocenters. The van der Waals surface area contributed by atoms with Crippen LogP contribution in [0.3, 0.4) is 0 Å². The second kappa shape index (κ2) is 5.36. The van der Waals surface area contributed by atoms with Crippen LogP contribution in [0.15, 0.2) is 40.9 Å². The highest BCUT2D eigenvalue weighted by atomic mass is 79.9. The first-order valence-electron chi connectivity index (χ1n) is 5.60. The SMILES string of the molecule is Cc1ccc(C)c(Oc2ccc(C=O)c(Br)c2)c1. The van der Waals surface area contributed by atoms with Gasteiger partial charge in [0, 0.05) is 10.0 Å². The molecule has 0 radical (unpaired) electrons. The molecule has 0 spiro atoms. The van der Waals surface area contributed by atoms with E-state index in [4.69, 9.17) is 4.74 Å². The molecule has 0 amide bonds. The summed E-state index contributed by atoms with van der Waals surface area (Å²) >= 11 is 3.34. The van der Waals surface area contributed by atoms with Crippen LogP contribution in [0.1, 0.15) is 21.5 Å². The van der Waals surface area contributed by atoms with Crippen molar-refractivity contribution in [2.24, 2.45) is 0 Å². The van der Waals surface area contributed by atoms with Crippen molar-refractivity contribution < 1.29 is 9.53 Å². The molecule has 0 heterocycles. The van der Waals surface area contributed by atoms with Gasteiger partial charge in [-0.15, -0.1) is 0 Å². The molecular formula is C15H13BrO2. The highest BCUT2D eigenvalue weighted by Gasteiger charge is 2.05. The van der Waals surface area contributed by atoms with Crippen molar-refractivity contribution in [3.8, 4) is 11.5 Å². The van der Waals surface area contributed by atoms with Gasteiger partial charge in [-0.2, -0.15) is 0 Å². The molecule has 2 aromatic carbocycles. The number of hydrogen-bond acceptors (Lipinski definition) is 2. The number of aldehydes is 1. The van der Waals surface area contributed by atoms with E-state index in [1.807, 2.05) is 32.0 Å². The van der Waals surface area contributed by atoms with E-state index in [0.29, 0.717) is 11.3 Å². The molecule has 2 aromatic rings. The third kappa shape index (κ3) is 2.79. The fourth-order valence-corrected chi connectivity index (χ4v) is 2.06. The predicted molar refractivity (Wildman–Crippen MR) is 75.5 cm³/mol. The lowest BCUT2D eigenvalue weighted by Gasteiger charge is -2.10. The number of hydrogen-bond donors (Lipinski definition) is 0. The Balaban J connectivity index is 2.31. The minimum Gasteiger partial charge on any atom is -0.457 e. The monoisotopic (exact) mass is 304 g/mol. The number of benzene rings is 2. The van der Waals surface area contributed by atoms with E-state index in [1.165, 1.54) is 0 Å². The molecule has 2 nitrogen and oxygen atoms in total. The molecule has 0 atom stereocenters. The number of carbonyl (C=O) groups is 1. The van der Waals surface area contributed by atoms with Crippen molar-refractivity contribution in [2.75, 3.05) is 0 Å². The van der Waals surface area contributed by atoms with E-state index in [2.05, 4.69) is 15.9 Å². The van der Waals surface area contributed by atoms with Crippen LogP contribution in [-0.2, 0) is 0 Å². The van der Waals surface area contributed by atoms with Gasteiger partial charge in [-0.1, -0.05) is 12.1 Å². The van der Waals surface area contributed by atoms with Crippen LogP contribution < -0.4 is 4.74 Å². The fraction of sp³-hybridized carbons (Fsp3) is 0.133. The highest BCUT2D eigenvalue weighted by molar-refractivity contribution is 9.10. The molecule has 92 valence electrons. The fourth-order valence-electron chi connectivity index (χ4n) is 1.61. The summed E-state index contributed by atoms with van der Waals surface area (Å²) in [5, 5.41) is 0. The molecule has 0 aliphatic heterocycles. The molecule has 0 aliphatic carbocycles. The maximum Gasteiger partial charge on any atom is 0.151 e. The molecule has 0 aliphatic rings. The van der Waals surface area contributed by atoms with Gasteiger partial charge >= 0.3 is 0 Å². The third-order valence-corrected chi connectivity index (χ3v) is 3.36. The van der Waals surface area contributed by atoms with Crippen molar-refractivity contribution >= 4 is 22.2 Å². The smallest absolute Gasteiger partial charge is 0.151 e. The van der Waals surface area contributed by atoms with Crippen molar-refractivity contribution in [3.63, 3.8) is 0 Å². The summed E-state index contributed by atoms with van der Waals surface area (Å²) in [7, 11) is 0. The topological polar surface area (TPSA) is 26.3 Å². The largest absolute Gasteiger partial charge is 0.457 e. The molecule has 0 aromatic heterocycles. The Labute approximate surface area is 115 Å². The second-order valence-corrected chi connectivity index (χ2v) is 5.03. The Morgan fingerprint density at radius 1 is 1.11 bits per heavy atom. The zero-order chi connectivity index (χ0) is 13.1. The van der Waals surface area contributed by atoms with Crippen molar-refractivity contribution in [2.45, 2.75) is 13.8 Å². The van der Waals surface area contributed by atoms with E-state index in [9.17, 15) is 4.79 Å². The van der Waals surface area contributed by atoms with Gasteiger partial charge in [-0.25, -0.2) is 0 Å². The second-order valence-electron chi connectivity index (χ2n) is 4.17. The van der Waals surface area contributed by atoms with Crippen LogP contribution in [-0.4, -0.2) is 6.29 Å². The van der Waals surface area contributed by atoms with Gasteiger partial charge in [0.05, 0.1) is 0 Å². The van der Waals surface area contributed by atoms with Crippen molar-refractivity contribution in [3.05, 3.63) is 57.6 Å². The number of rotatable bonds is 3. The number of carbonyl (C=O) groups excluding carboxylic acids is 1. The maximum absolute atomic E-state index is 10.7. The van der Waals surface area contributed by atoms with Crippen LogP contribution in [0.2, 0.25) is 0 Å². The molecule has 0 N–H and O–H groups in total. The average Bonchev–Trinajstić information content (AvgIpc) is 2.34. The van der Waals surface area contributed by atoms with Gasteiger partial charge in [0.2, 0.25) is 0 Å². The van der Waals surface area contributed by atoms with E-state index < -0.39 is 0 Å². The first-order chi connectivity index (χ1) is 8.60. The molecule has 0 saturated heterocycles. The number of aryl methyl sites for hydroxylation is 2. The predicted octanol–water partition coefficient (Wildman–Crippen LogP) is 4.67. The van der Waals surface area contributed by atoms with Gasteiger partial charge in [0.25, 0.3) is 0 Å². The molecule has 2 rings (SSSR count). The lowest BCUT2D eigenvalue weighted by atomic mass is 10.1. The van der Waals surface area contributed by atoms with E-state index >= 15 is 0 Å². The van der Waals surface area contributed by atoms with Gasteiger partial charge in [0.15, 0.2) is 6.29 Å². The zero-order valence-electron chi connectivity index (χ0n) is 10.2. The van der Waals surface area contributed by atoms with Crippen LogP contribution in [0.5, 0.6) is 11.5 Å². The summed E-state index contributed by atoms with van der Waals surface area (Å²) in [5.41, 5.74) is 2.85. The van der Waals surface area contributed by atoms with Gasteiger partial charge in [0.1, 0.15) is 11.5 Å². The molecule has 0 bridgehead atoms. The Bertz CT molecular complexity index is 591. The molecule has 0 fully saturated rings. The van der Waals surface area contributed by atoms with Gasteiger partial charge in [-0.05, 0) is 65.2 Å². The quantitative estimate of drug-likeness (QED) is 0.770. The lowest BCUT2D eigenvalue weighted by molar-refractivity contribution is 0.112. The molecule has 3 heteroatoms. The minimum absolute atomic E-state index is 0.614. The first kappa shape index (κ1) is 12.8. The lowest BCUT2D eigenvalue weighted by Crippen LogP contribution is -1.90. The number of halogens is 1. The normalized spacial score (nSPS) is 10.2. The third-order valence-electron chi connectivity index (χ3n) is 2.67. The van der Waals surface area contributed by atoms with E-state index in [-0.39, 0.29) is 0 Å². The maximum atomic E-state index is 10.7. The Morgan fingerprint density at radius 2 is 1.89 bits per heavy atom. The van der Waals surface area contributed by atoms with Crippen molar-refractivity contribution in [1.29, 1.82) is 0 Å². The molecule has 18 heavy (non-hydrogen) atoms. The Hall–Kier alpha value is -1.61. The first-order valence-corrected chi connectivity index (χ1v) is 6.39. The minimum atomic E-state index is 0.614. The highest BCUT2D eigenvalue weighted by Crippen LogP contribution is 2.29. The molecule has 0 saturated carbocycles. The summed E-state index contributed by atoms with van der Waals surface area (Å²) in [6.45, 7) is 4.03.